The molecule has 9 aromatic carbocycles. The molecule has 0 atom stereocenters. The van der Waals surface area contributed by atoms with Crippen LogP contribution < -0.4 is 0 Å². The molecule has 3 heterocycles. The van der Waals surface area contributed by atoms with Gasteiger partial charge in [-0.1, -0.05) is 178 Å². The number of para-hydroxylation sites is 4. The second kappa shape index (κ2) is 14.3. The molecule has 1 aliphatic rings. The summed E-state index contributed by atoms with van der Waals surface area (Å²) in [5.74, 6) is 1.76. The minimum Gasteiger partial charge on any atom is -0.455 e. The fourth-order valence-corrected chi connectivity index (χ4v) is 10.1. The van der Waals surface area contributed by atoms with Gasteiger partial charge in [0.25, 0.3) is 0 Å². The highest BCUT2D eigenvalue weighted by Gasteiger charge is 2.35. The number of furan rings is 2. The zero-order chi connectivity index (χ0) is 43.2. The Morgan fingerprint density at radius 2 is 0.754 bits per heavy atom. The molecule has 13 rings (SSSR count). The summed E-state index contributed by atoms with van der Waals surface area (Å²) in [7, 11) is 0. The van der Waals surface area contributed by atoms with Crippen LogP contribution in [0.3, 0.4) is 0 Å². The Bertz CT molecular complexity index is 3730. The van der Waals surface area contributed by atoms with E-state index in [2.05, 4.69) is 159 Å². The third-order valence-corrected chi connectivity index (χ3v) is 13.3. The van der Waals surface area contributed by atoms with Crippen molar-refractivity contribution >= 4 is 43.9 Å². The van der Waals surface area contributed by atoms with E-state index in [0.29, 0.717) is 17.5 Å². The summed E-state index contributed by atoms with van der Waals surface area (Å²) < 4.78 is 13.2. The Morgan fingerprint density at radius 3 is 1.38 bits per heavy atom. The van der Waals surface area contributed by atoms with Crippen molar-refractivity contribution < 1.29 is 8.83 Å². The molecule has 306 valence electrons. The van der Waals surface area contributed by atoms with E-state index in [0.717, 1.165) is 88.4 Å². The molecule has 0 aliphatic heterocycles. The Hall–Kier alpha value is -8.41. The van der Waals surface area contributed by atoms with Crippen LogP contribution in [-0.2, 0) is 5.41 Å². The van der Waals surface area contributed by atoms with E-state index in [4.69, 9.17) is 23.8 Å². The van der Waals surface area contributed by atoms with Gasteiger partial charge < -0.3 is 8.83 Å². The zero-order valence-corrected chi connectivity index (χ0v) is 35.7. The van der Waals surface area contributed by atoms with Crippen LogP contribution in [-0.4, -0.2) is 15.0 Å². The molecule has 0 N–H and O–H groups in total. The predicted molar refractivity (Wildman–Crippen MR) is 265 cm³/mol. The first-order valence-electron chi connectivity index (χ1n) is 22.1. The molecule has 65 heavy (non-hydrogen) atoms. The van der Waals surface area contributed by atoms with Crippen LogP contribution in [0.5, 0.6) is 0 Å². The van der Waals surface area contributed by atoms with E-state index in [1.807, 2.05) is 54.6 Å². The molecule has 0 amide bonds. The van der Waals surface area contributed by atoms with Gasteiger partial charge in [-0.05, 0) is 80.9 Å². The molecule has 0 radical (unpaired) electrons. The van der Waals surface area contributed by atoms with E-state index in [1.54, 1.807) is 0 Å². The van der Waals surface area contributed by atoms with Crippen LogP contribution in [0.2, 0.25) is 0 Å². The summed E-state index contributed by atoms with van der Waals surface area (Å²) in [6, 6.07) is 70.1. The van der Waals surface area contributed by atoms with Gasteiger partial charge in [0.15, 0.2) is 17.5 Å². The molecule has 5 heteroatoms. The number of nitrogens with zero attached hydrogens (tertiary/aromatic N) is 3. The van der Waals surface area contributed by atoms with Crippen molar-refractivity contribution in [1.29, 1.82) is 0 Å². The van der Waals surface area contributed by atoms with Gasteiger partial charge in [-0.15, -0.1) is 0 Å². The highest BCUT2D eigenvalue weighted by molar-refractivity contribution is 6.11. The van der Waals surface area contributed by atoms with Crippen molar-refractivity contribution in [2.75, 3.05) is 0 Å². The van der Waals surface area contributed by atoms with E-state index in [-0.39, 0.29) is 5.41 Å². The minimum atomic E-state index is -0.0781. The minimum absolute atomic E-state index is 0.0781. The van der Waals surface area contributed by atoms with Crippen molar-refractivity contribution in [1.82, 2.24) is 15.0 Å². The van der Waals surface area contributed by atoms with Gasteiger partial charge >= 0.3 is 0 Å². The monoisotopic (exact) mass is 833 g/mol. The van der Waals surface area contributed by atoms with Crippen molar-refractivity contribution in [3.8, 4) is 78.7 Å². The number of rotatable bonds is 6. The van der Waals surface area contributed by atoms with Gasteiger partial charge in [0.05, 0.1) is 0 Å². The molecule has 5 nitrogen and oxygen atoms in total. The largest absolute Gasteiger partial charge is 0.455 e. The Morgan fingerprint density at radius 1 is 0.308 bits per heavy atom. The van der Waals surface area contributed by atoms with Crippen molar-refractivity contribution in [3.05, 3.63) is 211 Å². The lowest BCUT2D eigenvalue weighted by Crippen LogP contribution is -2.14. The predicted octanol–water partition coefficient (Wildman–Crippen LogP) is 16.0. The first kappa shape index (κ1) is 37.2. The lowest BCUT2D eigenvalue weighted by Gasteiger charge is -2.22. The summed E-state index contributed by atoms with van der Waals surface area (Å²) >= 11 is 0. The van der Waals surface area contributed by atoms with Crippen LogP contribution in [0.1, 0.15) is 25.0 Å². The van der Waals surface area contributed by atoms with Crippen LogP contribution >= 0.6 is 0 Å². The number of benzene rings is 9. The lowest BCUT2D eigenvalue weighted by molar-refractivity contribution is 0.660. The summed E-state index contributed by atoms with van der Waals surface area (Å²) in [5.41, 5.74) is 17.5. The molecule has 0 fully saturated rings. The highest BCUT2D eigenvalue weighted by Crippen LogP contribution is 2.50. The normalized spacial score (nSPS) is 12.9. The number of hydrogen-bond acceptors (Lipinski definition) is 5. The first-order chi connectivity index (χ1) is 31.9. The summed E-state index contributed by atoms with van der Waals surface area (Å²) in [4.78, 5) is 15.6. The molecule has 0 unspecified atom stereocenters. The topological polar surface area (TPSA) is 65.0 Å². The first-order valence-corrected chi connectivity index (χ1v) is 22.1. The Balaban J connectivity index is 0.981. The molecule has 0 saturated heterocycles. The van der Waals surface area contributed by atoms with Crippen molar-refractivity contribution in [3.63, 3.8) is 0 Å². The van der Waals surface area contributed by atoms with Gasteiger partial charge in [0, 0.05) is 54.8 Å². The van der Waals surface area contributed by atoms with Crippen molar-refractivity contribution in [2.24, 2.45) is 0 Å². The molecular formula is C60H39N3O2. The van der Waals surface area contributed by atoms with Crippen LogP contribution in [0.4, 0.5) is 0 Å². The van der Waals surface area contributed by atoms with E-state index >= 15 is 0 Å². The molecule has 0 bridgehead atoms. The van der Waals surface area contributed by atoms with E-state index < -0.39 is 0 Å². The van der Waals surface area contributed by atoms with Gasteiger partial charge in [0.1, 0.15) is 22.3 Å². The van der Waals surface area contributed by atoms with Crippen LogP contribution in [0.25, 0.3) is 123 Å². The lowest BCUT2D eigenvalue weighted by atomic mass is 9.81. The van der Waals surface area contributed by atoms with E-state index in [9.17, 15) is 0 Å². The SMILES string of the molecule is CC1(C)c2ccccc2-c2ccc(-c3ccc(-c4nc(-c5ccccc5)nc(-c5cc(-c6cccc7c6oc6ccccc67)cc(-c6cccc7c6oc6ccccc67)c5)n4)cc3)cc21. The zero-order valence-electron chi connectivity index (χ0n) is 35.7. The number of hydrogen-bond donors (Lipinski definition) is 0. The highest BCUT2D eigenvalue weighted by atomic mass is 16.3. The summed E-state index contributed by atoms with van der Waals surface area (Å²) in [6.45, 7) is 4.65. The van der Waals surface area contributed by atoms with E-state index in [1.165, 1.54) is 27.8 Å². The molecule has 12 aromatic rings. The average molecular weight is 834 g/mol. The molecule has 0 saturated carbocycles. The Labute approximate surface area is 375 Å². The standard InChI is InChI=1S/C60H39N3O2/c1-60(2)51-23-9-6-16-45(51)46-31-30-39(35-52(46)60)36-26-28-38(29-27-36)58-61-57(37-14-4-3-5-15-37)62-59(63-58)42-33-40(43-19-12-21-49-47-17-7-10-24-53(47)64-55(43)49)32-41(34-42)44-20-13-22-50-48-18-8-11-25-54(48)65-56(44)50/h3-35H,1-2H3. The second-order valence-electron chi connectivity index (χ2n) is 17.5. The molecule has 0 spiro atoms. The fourth-order valence-electron chi connectivity index (χ4n) is 10.1. The smallest absolute Gasteiger partial charge is 0.164 e. The third-order valence-electron chi connectivity index (χ3n) is 13.3. The van der Waals surface area contributed by atoms with Gasteiger partial charge in [0.2, 0.25) is 0 Å². The number of fused-ring (bicyclic) bond motifs is 9. The average Bonchev–Trinajstić information content (AvgIpc) is 4.01. The quantitative estimate of drug-likeness (QED) is 0.167. The summed E-state index contributed by atoms with van der Waals surface area (Å²) in [6.07, 6.45) is 0. The van der Waals surface area contributed by atoms with Crippen LogP contribution in [0.15, 0.2) is 209 Å². The van der Waals surface area contributed by atoms with Crippen LogP contribution in [0, 0.1) is 0 Å². The number of aromatic nitrogens is 3. The second-order valence-corrected chi connectivity index (χ2v) is 17.5. The fraction of sp³-hybridized carbons (Fsp3) is 0.0500. The van der Waals surface area contributed by atoms with Gasteiger partial charge in [-0.25, -0.2) is 15.0 Å². The van der Waals surface area contributed by atoms with Crippen molar-refractivity contribution in [2.45, 2.75) is 19.3 Å². The third kappa shape index (κ3) is 5.97. The Kier molecular flexibility index (Phi) is 8.18. The maximum Gasteiger partial charge on any atom is 0.164 e. The summed E-state index contributed by atoms with van der Waals surface area (Å²) in [5, 5.41) is 4.30. The molecule has 3 aromatic heterocycles. The molecule has 1 aliphatic carbocycles. The molecular weight excluding hydrogens is 795 g/mol. The maximum absolute atomic E-state index is 6.62. The van der Waals surface area contributed by atoms with Gasteiger partial charge in [-0.3, -0.25) is 0 Å². The van der Waals surface area contributed by atoms with Gasteiger partial charge in [-0.2, -0.15) is 0 Å². The maximum atomic E-state index is 6.62.